The second-order valence-electron chi connectivity index (χ2n) is 4.20. The molecule has 0 bridgehead atoms. The molecule has 0 radical (unpaired) electrons. The summed E-state index contributed by atoms with van der Waals surface area (Å²) >= 11 is 1.20. The Kier molecular flexibility index (Phi) is 4.62. The summed E-state index contributed by atoms with van der Waals surface area (Å²) in [5.74, 6) is -0.905. The number of aromatic nitrogens is 1. The van der Waals surface area contributed by atoms with Crippen molar-refractivity contribution >= 4 is 34.7 Å². The molecular weight excluding hydrogens is 280 g/mol. The van der Waals surface area contributed by atoms with E-state index in [9.17, 15) is 9.59 Å². The van der Waals surface area contributed by atoms with Gasteiger partial charge in [0, 0.05) is 13.6 Å². The Morgan fingerprint density at radius 2 is 2.15 bits per heavy atom. The molecule has 0 unspecified atom stereocenters. The molecule has 7 heteroatoms. The van der Waals surface area contributed by atoms with Crippen LogP contribution in [0.5, 0.6) is 0 Å². The van der Waals surface area contributed by atoms with Crippen LogP contribution in [0.25, 0.3) is 11.1 Å². The highest BCUT2D eigenvalue weighted by Crippen LogP contribution is 2.23. The number of amides is 1. The van der Waals surface area contributed by atoms with Gasteiger partial charge in [0.15, 0.2) is 5.58 Å². The van der Waals surface area contributed by atoms with E-state index in [4.69, 9.17) is 9.52 Å². The van der Waals surface area contributed by atoms with Gasteiger partial charge in [0.25, 0.3) is 5.22 Å². The van der Waals surface area contributed by atoms with Crippen LogP contribution in [0.1, 0.15) is 6.42 Å². The Labute approximate surface area is 119 Å². The average molecular weight is 294 g/mol. The standard InChI is InChI=1S/C13H14N2O4S/c1-15(7-6-12(17)18)11(16)8-20-13-14-9-4-2-3-5-10(9)19-13/h2-5H,6-8H2,1H3,(H,17,18). The fourth-order valence-corrected chi connectivity index (χ4v) is 2.31. The molecule has 2 aromatic rings. The van der Waals surface area contributed by atoms with Gasteiger partial charge in [0.2, 0.25) is 5.91 Å². The van der Waals surface area contributed by atoms with Gasteiger partial charge in [0.1, 0.15) is 5.52 Å². The minimum Gasteiger partial charge on any atom is -0.481 e. The predicted octanol–water partition coefficient (Wildman–Crippen LogP) is 1.85. The molecule has 0 spiro atoms. The summed E-state index contributed by atoms with van der Waals surface area (Å²) in [5, 5.41) is 9.00. The van der Waals surface area contributed by atoms with Crippen LogP contribution >= 0.6 is 11.8 Å². The molecular formula is C13H14N2O4S. The van der Waals surface area contributed by atoms with Crippen LogP contribution in [-0.2, 0) is 9.59 Å². The Balaban J connectivity index is 1.87. The fraction of sp³-hybridized carbons (Fsp3) is 0.308. The summed E-state index contributed by atoms with van der Waals surface area (Å²) < 4.78 is 5.48. The second kappa shape index (κ2) is 6.42. The second-order valence-corrected chi connectivity index (χ2v) is 5.12. The number of thioether (sulfide) groups is 1. The molecule has 0 aliphatic carbocycles. The highest BCUT2D eigenvalue weighted by atomic mass is 32.2. The van der Waals surface area contributed by atoms with Crippen LogP contribution in [0, 0.1) is 0 Å². The zero-order chi connectivity index (χ0) is 14.5. The zero-order valence-corrected chi connectivity index (χ0v) is 11.7. The Hall–Kier alpha value is -2.02. The summed E-state index contributed by atoms with van der Waals surface area (Å²) in [7, 11) is 1.58. The number of nitrogens with zero attached hydrogens (tertiary/aromatic N) is 2. The van der Waals surface area contributed by atoms with Gasteiger partial charge >= 0.3 is 5.97 Å². The molecule has 0 aliphatic rings. The fourth-order valence-electron chi connectivity index (χ4n) is 1.53. The molecule has 0 atom stereocenters. The summed E-state index contributed by atoms with van der Waals surface area (Å²) in [6, 6.07) is 7.37. The van der Waals surface area contributed by atoms with Crippen molar-refractivity contribution in [1.29, 1.82) is 0 Å². The molecule has 1 aromatic carbocycles. The van der Waals surface area contributed by atoms with Crippen molar-refractivity contribution in [1.82, 2.24) is 9.88 Å². The van der Waals surface area contributed by atoms with Crippen molar-refractivity contribution in [2.45, 2.75) is 11.6 Å². The smallest absolute Gasteiger partial charge is 0.305 e. The maximum absolute atomic E-state index is 11.8. The number of fused-ring (bicyclic) bond motifs is 1. The van der Waals surface area contributed by atoms with E-state index >= 15 is 0 Å². The van der Waals surface area contributed by atoms with E-state index in [-0.39, 0.29) is 24.6 Å². The van der Waals surface area contributed by atoms with Crippen molar-refractivity contribution in [3.63, 3.8) is 0 Å². The normalized spacial score (nSPS) is 10.7. The first-order chi connectivity index (χ1) is 9.56. The van der Waals surface area contributed by atoms with E-state index in [2.05, 4.69) is 4.98 Å². The minimum atomic E-state index is -0.920. The number of aliphatic carboxylic acids is 1. The molecule has 20 heavy (non-hydrogen) atoms. The van der Waals surface area contributed by atoms with Crippen molar-refractivity contribution < 1.29 is 19.1 Å². The van der Waals surface area contributed by atoms with Gasteiger partial charge in [-0.2, -0.15) is 0 Å². The van der Waals surface area contributed by atoms with Crippen LogP contribution in [0.4, 0.5) is 0 Å². The van der Waals surface area contributed by atoms with Gasteiger partial charge < -0.3 is 14.4 Å². The minimum absolute atomic E-state index is 0.0597. The van der Waals surface area contributed by atoms with Crippen molar-refractivity contribution in [3.05, 3.63) is 24.3 Å². The molecule has 1 aromatic heterocycles. The van der Waals surface area contributed by atoms with E-state index in [1.807, 2.05) is 24.3 Å². The monoisotopic (exact) mass is 294 g/mol. The molecule has 1 N–H and O–H groups in total. The van der Waals surface area contributed by atoms with Gasteiger partial charge in [-0.15, -0.1) is 0 Å². The van der Waals surface area contributed by atoms with Gasteiger partial charge in [-0.25, -0.2) is 4.98 Å². The van der Waals surface area contributed by atoms with E-state index in [1.165, 1.54) is 16.7 Å². The molecule has 0 saturated carbocycles. The summed E-state index contributed by atoms with van der Waals surface area (Å²) in [4.78, 5) is 27.9. The zero-order valence-electron chi connectivity index (χ0n) is 10.9. The third kappa shape index (κ3) is 3.74. The van der Waals surface area contributed by atoms with Gasteiger partial charge in [-0.05, 0) is 12.1 Å². The van der Waals surface area contributed by atoms with Gasteiger partial charge in [-0.3, -0.25) is 9.59 Å². The van der Waals surface area contributed by atoms with Crippen molar-refractivity contribution in [2.24, 2.45) is 0 Å². The van der Waals surface area contributed by atoms with Crippen LogP contribution in [0.2, 0.25) is 0 Å². The SMILES string of the molecule is CN(CCC(=O)O)C(=O)CSc1nc2ccccc2o1. The molecule has 6 nitrogen and oxygen atoms in total. The number of carbonyl (C=O) groups is 2. The maximum Gasteiger partial charge on any atom is 0.305 e. The van der Waals surface area contributed by atoms with Gasteiger partial charge in [-0.1, -0.05) is 23.9 Å². The van der Waals surface area contributed by atoms with Crippen molar-refractivity contribution in [3.8, 4) is 0 Å². The number of para-hydroxylation sites is 2. The molecule has 2 rings (SSSR count). The van der Waals surface area contributed by atoms with E-state index in [0.29, 0.717) is 10.8 Å². The summed E-state index contributed by atoms with van der Waals surface area (Å²) in [6.07, 6.45) is -0.0597. The van der Waals surface area contributed by atoms with Crippen LogP contribution in [0.3, 0.4) is 0 Å². The first kappa shape index (κ1) is 14.4. The lowest BCUT2D eigenvalue weighted by Gasteiger charge is -2.14. The first-order valence-electron chi connectivity index (χ1n) is 6.00. The largest absolute Gasteiger partial charge is 0.481 e. The molecule has 1 amide bonds. The quantitative estimate of drug-likeness (QED) is 0.819. The number of carboxylic acid groups (broad SMARTS) is 1. The first-order valence-corrected chi connectivity index (χ1v) is 6.99. The van der Waals surface area contributed by atoms with Crippen LogP contribution in [0.15, 0.2) is 33.9 Å². The highest BCUT2D eigenvalue weighted by Gasteiger charge is 2.13. The molecule has 106 valence electrons. The molecule has 0 aliphatic heterocycles. The number of rotatable bonds is 6. The van der Waals surface area contributed by atoms with Crippen molar-refractivity contribution in [2.75, 3.05) is 19.3 Å². The van der Waals surface area contributed by atoms with E-state index in [0.717, 1.165) is 5.52 Å². The Bertz CT molecular complexity index is 593. The van der Waals surface area contributed by atoms with E-state index < -0.39 is 5.97 Å². The average Bonchev–Trinajstić information content (AvgIpc) is 2.84. The topological polar surface area (TPSA) is 83.6 Å². The predicted molar refractivity (Wildman–Crippen MR) is 74.6 cm³/mol. The number of hydrogen-bond acceptors (Lipinski definition) is 5. The number of carbonyl (C=O) groups excluding carboxylic acids is 1. The molecule has 0 fully saturated rings. The highest BCUT2D eigenvalue weighted by molar-refractivity contribution is 7.99. The Morgan fingerprint density at radius 3 is 2.85 bits per heavy atom. The number of hydrogen-bond donors (Lipinski definition) is 1. The molecule has 0 saturated heterocycles. The van der Waals surface area contributed by atoms with Crippen LogP contribution < -0.4 is 0 Å². The lowest BCUT2D eigenvalue weighted by atomic mass is 10.3. The summed E-state index contributed by atoms with van der Waals surface area (Å²) in [5.41, 5.74) is 1.43. The maximum atomic E-state index is 11.8. The lowest BCUT2D eigenvalue weighted by molar-refractivity contribution is -0.137. The number of benzene rings is 1. The number of oxazole rings is 1. The van der Waals surface area contributed by atoms with Crippen LogP contribution in [-0.4, -0.2) is 46.2 Å². The lowest BCUT2D eigenvalue weighted by Crippen LogP contribution is -2.30. The Morgan fingerprint density at radius 1 is 1.40 bits per heavy atom. The summed E-state index contributed by atoms with van der Waals surface area (Å²) in [6.45, 7) is 0.197. The third-order valence-corrected chi connectivity index (χ3v) is 3.49. The van der Waals surface area contributed by atoms with Gasteiger partial charge in [0.05, 0.1) is 12.2 Å². The number of carboxylic acids is 1. The third-order valence-electron chi connectivity index (χ3n) is 2.68. The van der Waals surface area contributed by atoms with E-state index in [1.54, 1.807) is 7.05 Å². The molecule has 1 heterocycles.